The summed E-state index contributed by atoms with van der Waals surface area (Å²) in [6, 6.07) is -4.92. The number of rotatable bonds is 13. The molecule has 4 amide bonds. The Kier molecular flexibility index (Phi) is 10.8. The number of imidazole rings is 1. The van der Waals surface area contributed by atoms with Crippen LogP contribution in [0.3, 0.4) is 0 Å². The van der Waals surface area contributed by atoms with Gasteiger partial charge in [-0.3, -0.25) is 19.2 Å². The molecule has 172 valence electrons. The molecule has 1 aromatic rings. The molecule has 0 radical (unpaired) electrons. The number of aromatic amines is 1. The molecule has 0 aliphatic heterocycles. The Balaban J connectivity index is 2.91. The largest absolute Gasteiger partial charge is 0.480 e. The van der Waals surface area contributed by atoms with Gasteiger partial charge in [-0.05, 0) is 0 Å². The molecule has 31 heavy (non-hydrogen) atoms. The quantitative estimate of drug-likeness (QED) is 0.130. The maximum atomic E-state index is 12.8. The summed E-state index contributed by atoms with van der Waals surface area (Å²) in [5.41, 5.74) is 11.1. The van der Waals surface area contributed by atoms with Crippen molar-refractivity contribution in [1.29, 1.82) is 0 Å². The SMILES string of the molecule is NC(=O)CC(N)C(=O)NC(Cc1cnc[nH]1)C(=O)NC(CS)C(=O)NC(CS)C(=O)O. The van der Waals surface area contributed by atoms with Gasteiger partial charge in [0.15, 0.2) is 0 Å². The number of thiol groups is 2. The highest BCUT2D eigenvalue weighted by atomic mass is 32.1. The first-order chi connectivity index (χ1) is 14.6. The first-order valence-electron chi connectivity index (χ1n) is 8.95. The third-order valence-corrected chi connectivity index (χ3v) is 4.71. The normalized spacial score (nSPS) is 14.5. The van der Waals surface area contributed by atoms with Gasteiger partial charge in [-0.2, -0.15) is 25.3 Å². The molecule has 0 fully saturated rings. The molecule has 0 aliphatic rings. The average molecular weight is 476 g/mol. The van der Waals surface area contributed by atoms with Crippen molar-refractivity contribution in [3.63, 3.8) is 0 Å². The molecule has 15 heteroatoms. The predicted octanol–water partition coefficient (Wildman–Crippen LogP) is -3.45. The standard InChI is InChI=1S/C16H25N7O6S2/c17-8(2-12(18)24)13(25)21-9(1-7-3-19-6-20-7)14(26)22-10(4-30)15(27)23-11(5-31)16(28)29/h3,6,8-11,30-31H,1-2,4-5,17H2,(H2,18,24)(H,19,20)(H,21,25)(H,22,26)(H,23,27)(H,28,29). The number of H-pyrrole nitrogens is 1. The van der Waals surface area contributed by atoms with E-state index in [4.69, 9.17) is 16.6 Å². The van der Waals surface area contributed by atoms with Crippen molar-refractivity contribution in [3.8, 4) is 0 Å². The van der Waals surface area contributed by atoms with E-state index in [1.165, 1.54) is 12.5 Å². The molecular weight excluding hydrogens is 450 g/mol. The van der Waals surface area contributed by atoms with Gasteiger partial charge >= 0.3 is 5.97 Å². The number of carboxylic acid groups (broad SMARTS) is 1. The number of amides is 4. The zero-order valence-electron chi connectivity index (χ0n) is 16.3. The molecule has 0 aliphatic carbocycles. The molecule has 1 rings (SSSR count). The lowest BCUT2D eigenvalue weighted by atomic mass is 10.1. The number of hydrogen-bond acceptors (Lipinski definition) is 9. The number of carbonyl (C=O) groups excluding carboxylic acids is 4. The lowest BCUT2D eigenvalue weighted by Crippen LogP contribution is -2.58. The fraction of sp³-hybridized carbons (Fsp3) is 0.500. The summed E-state index contributed by atoms with van der Waals surface area (Å²) in [5, 5.41) is 16.1. The topological polar surface area (TPSA) is 222 Å². The van der Waals surface area contributed by atoms with Crippen LogP contribution in [0.25, 0.3) is 0 Å². The van der Waals surface area contributed by atoms with Crippen LogP contribution in [0.4, 0.5) is 0 Å². The number of carboxylic acids is 1. The second-order valence-electron chi connectivity index (χ2n) is 6.44. The van der Waals surface area contributed by atoms with E-state index in [1.807, 2.05) is 0 Å². The molecule has 13 nitrogen and oxygen atoms in total. The highest BCUT2D eigenvalue weighted by Gasteiger charge is 2.30. The van der Waals surface area contributed by atoms with Crippen LogP contribution in [0.2, 0.25) is 0 Å². The maximum Gasteiger partial charge on any atom is 0.327 e. The Morgan fingerprint density at radius 1 is 1.00 bits per heavy atom. The molecule has 0 spiro atoms. The first-order valence-corrected chi connectivity index (χ1v) is 10.2. The summed E-state index contributed by atoms with van der Waals surface area (Å²) in [7, 11) is 0. The van der Waals surface area contributed by atoms with Gasteiger partial charge in [0.05, 0.1) is 18.8 Å². The second kappa shape index (κ2) is 12.8. The van der Waals surface area contributed by atoms with E-state index in [0.717, 1.165) is 0 Å². The smallest absolute Gasteiger partial charge is 0.327 e. The molecular formula is C16H25N7O6S2. The van der Waals surface area contributed by atoms with Crippen molar-refractivity contribution >= 4 is 54.9 Å². The minimum atomic E-state index is -1.29. The van der Waals surface area contributed by atoms with Gasteiger partial charge in [0, 0.05) is 29.8 Å². The van der Waals surface area contributed by atoms with Crippen molar-refractivity contribution in [3.05, 3.63) is 18.2 Å². The van der Waals surface area contributed by atoms with Crippen LogP contribution in [0, 0.1) is 0 Å². The van der Waals surface area contributed by atoms with Crippen molar-refractivity contribution in [2.75, 3.05) is 11.5 Å². The number of nitrogens with zero attached hydrogens (tertiary/aromatic N) is 1. The van der Waals surface area contributed by atoms with Gasteiger partial charge in [-0.25, -0.2) is 9.78 Å². The Labute approximate surface area is 188 Å². The van der Waals surface area contributed by atoms with Crippen LogP contribution in [0.5, 0.6) is 0 Å². The van der Waals surface area contributed by atoms with Gasteiger partial charge in [0.25, 0.3) is 0 Å². The Bertz CT molecular complexity index is 791. The van der Waals surface area contributed by atoms with Gasteiger partial charge in [-0.15, -0.1) is 0 Å². The minimum Gasteiger partial charge on any atom is -0.480 e. The molecule has 0 saturated carbocycles. The summed E-state index contributed by atoms with van der Waals surface area (Å²) in [6.45, 7) is 0. The third-order valence-electron chi connectivity index (χ3n) is 3.98. The van der Waals surface area contributed by atoms with E-state index in [2.05, 4.69) is 51.2 Å². The molecule has 0 saturated heterocycles. The Morgan fingerprint density at radius 2 is 1.55 bits per heavy atom. The van der Waals surface area contributed by atoms with Gasteiger partial charge < -0.3 is 37.5 Å². The summed E-state index contributed by atoms with van der Waals surface area (Å²) < 4.78 is 0. The fourth-order valence-corrected chi connectivity index (χ4v) is 2.84. The van der Waals surface area contributed by atoms with E-state index in [0.29, 0.717) is 5.69 Å². The highest BCUT2D eigenvalue weighted by molar-refractivity contribution is 7.80. The average Bonchev–Trinajstić information content (AvgIpc) is 3.21. The zero-order valence-corrected chi connectivity index (χ0v) is 18.1. The van der Waals surface area contributed by atoms with E-state index in [-0.39, 0.29) is 17.9 Å². The molecule has 1 heterocycles. The number of nitrogens with two attached hydrogens (primary N) is 2. The first kappa shape index (κ1) is 26.3. The Morgan fingerprint density at radius 3 is 2.03 bits per heavy atom. The van der Waals surface area contributed by atoms with Crippen LogP contribution in [0.15, 0.2) is 12.5 Å². The molecule has 9 N–H and O–H groups in total. The predicted molar refractivity (Wildman–Crippen MR) is 115 cm³/mol. The second-order valence-corrected chi connectivity index (χ2v) is 7.18. The number of primary amides is 1. The molecule has 0 bridgehead atoms. The highest BCUT2D eigenvalue weighted by Crippen LogP contribution is 2.02. The summed E-state index contributed by atoms with van der Waals surface area (Å²) >= 11 is 7.87. The van der Waals surface area contributed by atoms with Gasteiger partial charge in [0.2, 0.25) is 23.6 Å². The van der Waals surface area contributed by atoms with Gasteiger partial charge in [-0.1, -0.05) is 0 Å². The summed E-state index contributed by atoms with van der Waals surface area (Å²) in [5.74, 6) is -4.75. The monoisotopic (exact) mass is 475 g/mol. The van der Waals surface area contributed by atoms with E-state index in [1.54, 1.807) is 0 Å². The molecule has 4 atom stereocenters. The molecule has 1 aromatic heterocycles. The van der Waals surface area contributed by atoms with Crippen molar-refractivity contribution < 1.29 is 29.1 Å². The zero-order chi connectivity index (χ0) is 23.6. The van der Waals surface area contributed by atoms with Crippen molar-refractivity contribution in [1.82, 2.24) is 25.9 Å². The number of hydrogen-bond donors (Lipinski definition) is 9. The number of aliphatic carboxylic acids is 1. The number of aromatic nitrogens is 2. The summed E-state index contributed by atoms with van der Waals surface area (Å²) in [6.07, 6.45) is 2.35. The van der Waals surface area contributed by atoms with E-state index < -0.39 is 60.2 Å². The van der Waals surface area contributed by atoms with Crippen LogP contribution in [-0.4, -0.2) is 80.3 Å². The van der Waals surface area contributed by atoms with Crippen LogP contribution in [-0.2, 0) is 30.4 Å². The van der Waals surface area contributed by atoms with Crippen LogP contribution >= 0.6 is 25.3 Å². The maximum absolute atomic E-state index is 12.8. The summed E-state index contributed by atoms with van der Waals surface area (Å²) in [4.78, 5) is 66.0. The molecule has 0 aromatic carbocycles. The van der Waals surface area contributed by atoms with Crippen LogP contribution in [0.1, 0.15) is 12.1 Å². The lowest BCUT2D eigenvalue weighted by molar-refractivity contribution is -0.141. The molecule has 4 unspecified atom stereocenters. The third kappa shape index (κ3) is 8.85. The van der Waals surface area contributed by atoms with Crippen LogP contribution < -0.4 is 27.4 Å². The van der Waals surface area contributed by atoms with Gasteiger partial charge in [0.1, 0.15) is 18.1 Å². The van der Waals surface area contributed by atoms with E-state index >= 15 is 0 Å². The Hall–Kier alpha value is -2.78. The number of carbonyl (C=O) groups is 5. The number of nitrogens with one attached hydrogen (secondary N) is 4. The van der Waals surface area contributed by atoms with Crippen molar-refractivity contribution in [2.45, 2.75) is 37.0 Å². The lowest BCUT2D eigenvalue weighted by Gasteiger charge is -2.24. The minimum absolute atomic E-state index is 0.0316. The van der Waals surface area contributed by atoms with Crippen molar-refractivity contribution in [2.24, 2.45) is 11.5 Å². The fourth-order valence-electron chi connectivity index (χ4n) is 2.34. The van der Waals surface area contributed by atoms with E-state index in [9.17, 15) is 24.0 Å².